The average molecular weight is 298 g/mol. The number of ether oxygens (including phenoxy) is 1. The number of thiazole rings is 1. The Morgan fingerprint density at radius 1 is 1.65 bits per heavy atom. The molecule has 1 fully saturated rings. The lowest BCUT2D eigenvalue weighted by Gasteiger charge is -2.25. The fourth-order valence-electron chi connectivity index (χ4n) is 1.90. The fraction of sp³-hybridized carbons (Fsp3) is 0.714. The van der Waals surface area contributed by atoms with Crippen molar-refractivity contribution in [3.8, 4) is 0 Å². The fourth-order valence-corrected chi connectivity index (χ4v) is 2.78. The van der Waals surface area contributed by atoms with Gasteiger partial charge in [0.15, 0.2) is 0 Å². The number of hydrogen-bond acceptors (Lipinski definition) is 5. The molecule has 2 rings (SSSR count). The van der Waals surface area contributed by atoms with Crippen LogP contribution in [0.3, 0.4) is 0 Å². The molecular weight excluding hydrogens is 276 g/mol. The first-order valence-corrected chi connectivity index (χ1v) is 7.79. The second-order valence-electron chi connectivity index (χ2n) is 6.16. The minimum Gasteiger partial charge on any atom is -0.391 e. The zero-order chi connectivity index (χ0) is 14.8. The molecule has 1 saturated heterocycles. The number of aliphatic hydroxyl groups is 1. The number of amides is 1. The Balaban J connectivity index is 1.89. The van der Waals surface area contributed by atoms with E-state index in [2.05, 4.69) is 10.3 Å². The molecule has 20 heavy (non-hydrogen) atoms. The van der Waals surface area contributed by atoms with Crippen LogP contribution in [0.4, 0.5) is 0 Å². The van der Waals surface area contributed by atoms with E-state index in [1.807, 2.05) is 20.8 Å². The monoisotopic (exact) mass is 298 g/mol. The van der Waals surface area contributed by atoms with E-state index in [1.165, 1.54) is 11.3 Å². The molecule has 2 N–H and O–H groups in total. The van der Waals surface area contributed by atoms with Crippen molar-refractivity contribution in [1.29, 1.82) is 0 Å². The maximum absolute atomic E-state index is 12.0. The Hall–Kier alpha value is -0.980. The second kappa shape index (κ2) is 6.20. The zero-order valence-electron chi connectivity index (χ0n) is 12.2. The summed E-state index contributed by atoms with van der Waals surface area (Å²) in [5, 5.41) is 15.2. The van der Waals surface area contributed by atoms with Gasteiger partial charge in [0, 0.05) is 18.5 Å². The van der Waals surface area contributed by atoms with Crippen molar-refractivity contribution < 1.29 is 14.6 Å². The van der Waals surface area contributed by atoms with Gasteiger partial charge in [-0.3, -0.25) is 4.79 Å². The molecule has 5 nitrogen and oxygen atoms in total. The van der Waals surface area contributed by atoms with Crippen LogP contribution in [0.2, 0.25) is 0 Å². The first kappa shape index (κ1) is 15.4. The van der Waals surface area contributed by atoms with Gasteiger partial charge in [-0.05, 0) is 18.3 Å². The third-order valence-corrected chi connectivity index (χ3v) is 4.35. The summed E-state index contributed by atoms with van der Waals surface area (Å²) in [6, 6.07) is 0. The molecule has 2 unspecified atom stereocenters. The molecule has 112 valence electrons. The summed E-state index contributed by atoms with van der Waals surface area (Å²) in [5.74, 6) is -0.242. The van der Waals surface area contributed by atoms with Gasteiger partial charge in [-0.15, -0.1) is 11.3 Å². The topological polar surface area (TPSA) is 71.5 Å². The molecule has 0 saturated carbocycles. The number of rotatable bonds is 4. The largest absolute Gasteiger partial charge is 0.391 e. The lowest BCUT2D eigenvalue weighted by molar-refractivity contribution is 0.0585. The molecule has 1 aliphatic heterocycles. The lowest BCUT2D eigenvalue weighted by Crippen LogP contribution is -2.39. The van der Waals surface area contributed by atoms with Crippen LogP contribution < -0.4 is 5.32 Å². The van der Waals surface area contributed by atoms with Gasteiger partial charge in [0.2, 0.25) is 0 Å². The first-order valence-electron chi connectivity index (χ1n) is 6.91. The molecule has 0 aliphatic carbocycles. The normalized spacial score (nSPS) is 20.9. The molecule has 6 heteroatoms. The number of hydrogen-bond donors (Lipinski definition) is 2. The third kappa shape index (κ3) is 3.77. The molecule has 0 spiro atoms. The molecule has 0 radical (unpaired) electrons. The summed E-state index contributed by atoms with van der Waals surface area (Å²) in [7, 11) is 0. The Kier molecular flexibility index (Phi) is 4.78. The van der Waals surface area contributed by atoms with Crippen LogP contribution >= 0.6 is 11.3 Å². The third-order valence-electron chi connectivity index (χ3n) is 3.42. The van der Waals surface area contributed by atoms with E-state index in [9.17, 15) is 9.90 Å². The van der Waals surface area contributed by atoms with Crippen LogP contribution in [0.1, 0.15) is 55.2 Å². The van der Waals surface area contributed by atoms with Crippen molar-refractivity contribution in [2.24, 2.45) is 5.41 Å². The van der Waals surface area contributed by atoms with Crippen molar-refractivity contribution in [3.05, 3.63) is 16.1 Å². The van der Waals surface area contributed by atoms with E-state index in [0.717, 1.165) is 24.5 Å². The molecule has 2 atom stereocenters. The highest BCUT2D eigenvalue weighted by atomic mass is 32.1. The molecule has 1 aromatic rings. The highest BCUT2D eigenvalue weighted by Crippen LogP contribution is 2.30. The number of nitrogens with zero attached hydrogens (tertiary/aromatic N) is 1. The molecule has 0 aromatic carbocycles. The molecule has 1 aromatic heterocycles. The van der Waals surface area contributed by atoms with Crippen molar-refractivity contribution in [2.75, 3.05) is 13.2 Å². The molecule has 1 aliphatic rings. The van der Waals surface area contributed by atoms with Crippen molar-refractivity contribution in [3.63, 3.8) is 0 Å². The van der Waals surface area contributed by atoms with E-state index < -0.39 is 6.10 Å². The van der Waals surface area contributed by atoms with E-state index >= 15 is 0 Å². The van der Waals surface area contributed by atoms with Gasteiger partial charge in [0.1, 0.15) is 16.8 Å². The quantitative estimate of drug-likeness (QED) is 0.893. The summed E-state index contributed by atoms with van der Waals surface area (Å²) < 4.78 is 5.55. The Morgan fingerprint density at radius 2 is 2.40 bits per heavy atom. The van der Waals surface area contributed by atoms with Gasteiger partial charge < -0.3 is 15.2 Å². The lowest BCUT2D eigenvalue weighted by atomic mass is 9.89. The number of aliphatic hydroxyl groups excluding tert-OH is 1. The second-order valence-corrected chi connectivity index (χ2v) is 7.05. The minimum atomic E-state index is -0.581. The maximum Gasteiger partial charge on any atom is 0.270 e. The van der Waals surface area contributed by atoms with Gasteiger partial charge >= 0.3 is 0 Å². The number of carbonyl (C=O) groups excluding carboxylic acids is 1. The smallest absolute Gasteiger partial charge is 0.270 e. The minimum absolute atomic E-state index is 0.0433. The number of nitrogens with one attached hydrogen (secondary N) is 1. The van der Waals surface area contributed by atoms with Gasteiger partial charge in [-0.25, -0.2) is 4.98 Å². The molecule has 1 amide bonds. The van der Waals surface area contributed by atoms with E-state index in [0.29, 0.717) is 5.69 Å². The van der Waals surface area contributed by atoms with Crippen molar-refractivity contribution in [1.82, 2.24) is 10.3 Å². The van der Waals surface area contributed by atoms with E-state index in [-0.39, 0.29) is 24.0 Å². The van der Waals surface area contributed by atoms with Crippen LogP contribution in [0, 0.1) is 5.41 Å². The molecule has 2 heterocycles. The predicted octanol–water partition coefficient (Wildman–Crippen LogP) is 2.13. The average Bonchev–Trinajstić information content (AvgIpc) is 3.03. The highest BCUT2D eigenvalue weighted by Gasteiger charge is 2.24. The Morgan fingerprint density at radius 3 is 3.00 bits per heavy atom. The van der Waals surface area contributed by atoms with E-state index in [1.54, 1.807) is 5.38 Å². The summed E-state index contributed by atoms with van der Waals surface area (Å²) in [6.45, 7) is 6.80. The van der Waals surface area contributed by atoms with Crippen LogP contribution in [0.25, 0.3) is 0 Å². The standard InChI is InChI=1S/C14H22N2O3S/c1-14(2,3)11(17)7-15-12(18)9-8-20-13(16-9)10-5-4-6-19-10/h8,10-11,17H,4-7H2,1-3H3,(H,15,18). The van der Waals surface area contributed by atoms with Crippen LogP contribution in [0.15, 0.2) is 5.38 Å². The molecule has 0 bridgehead atoms. The first-order chi connectivity index (χ1) is 9.38. The van der Waals surface area contributed by atoms with Gasteiger partial charge in [-0.1, -0.05) is 20.8 Å². The van der Waals surface area contributed by atoms with Crippen molar-refractivity contribution >= 4 is 17.2 Å². The van der Waals surface area contributed by atoms with Gasteiger partial charge in [0.25, 0.3) is 5.91 Å². The van der Waals surface area contributed by atoms with Gasteiger partial charge in [-0.2, -0.15) is 0 Å². The van der Waals surface area contributed by atoms with Crippen LogP contribution in [-0.4, -0.2) is 35.3 Å². The van der Waals surface area contributed by atoms with E-state index in [4.69, 9.17) is 4.74 Å². The summed E-state index contributed by atoms with van der Waals surface area (Å²) in [5.41, 5.74) is 0.152. The predicted molar refractivity (Wildman–Crippen MR) is 77.8 cm³/mol. The SMILES string of the molecule is CC(C)(C)C(O)CNC(=O)c1csc(C2CCCO2)n1. The molecular formula is C14H22N2O3S. The number of carbonyl (C=O) groups is 1. The van der Waals surface area contributed by atoms with Crippen LogP contribution in [-0.2, 0) is 4.74 Å². The summed E-state index contributed by atoms with van der Waals surface area (Å²) >= 11 is 1.46. The van der Waals surface area contributed by atoms with Crippen molar-refractivity contribution in [2.45, 2.75) is 45.8 Å². The Bertz CT molecular complexity index is 461. The van der Waals surface area contributed by atoms with Crippen LogP contribution in [0.5, 0.6) is 0 Å². The van der Waals surface area contributed by atoms with Gasteiger partial charge in [0.05, 0.1) is 6.10 Å². The zero-order valence-corrected chi connectivity index (χ0v) is 13.0. The summed E-state index contributed by atoms with van der Waals surface area (Å²) in [4.78, 5) is 16.3. The Labute approximate surface area is 123 Å². The highest BCUT2D eigenvalue weighted by molar-refractivity contribution is 7.09. The summed E-state index contributed by atoms with van der Waals surface area (Å²) in [6.07, 6.45) is 1.48. The number of aromatic nitrogens is 1. The maximum atomic E-state index is 12.0.